The number of anilines is 1. The van der Waals surface area contributed by atoms with Crippen LogP contribution in [0.15, 0.2) is 42.9 Å². The average Bonchev–Trinajstić information content (AvgIpc) is 2.86. The molecule has 0 unspecified atom stereocenters. The van der Waals surface area contributed by atoms with Gasteiger partial charge >= 0.3 is 0 Å². The second-order valence-corrected chi connectivity index (χ2v) is 10.2. The lowest BCUT2D eigenvalue weighted by Gasteiger charge is -2.56. The van der Waals surface area contributed by atoms with E-state index in [0.717, 1.165) is 30.4 Å². The van der Waals surface area contributed by atoms with Crippen LogP contribution >= 0.6 is 0 Å². The number of phenolic OH excluding ortho intramolecular Hbond substituents is 1. The van der Waals surface area contributed by atoms with Gasteiger partial charge in [0.15, 0.2) is 0 Å². The number of ether oxygens (including phenoxy) is 1. The highest BCUT2D eigenvalue weighted by molar-refractivity contribution is 5.74. The molecular weight excluding hydrogens is 447 g/mol. The van der Waals surface area contributed by atoms with Crippen LogP contribution in [0.2, 0.25) is 0 Å². The van der Waals surface area contributed by atoms with Crippen molar-refractivity contribution in [1.82, 2.24) is 25.5 Å². The fraction of sp³-hybridized carbons (Fsp3) is 0.462. The highest BCUT2D eigenvalue weighted by Gasteiger charge is 2.53. The minimum atomic E-state index is -1.01. The molecule has 4 heterocycles. The molecule has 4 atom stereocenters. The molecule has 35 heavy (non-hydrogen) atoms. The van der Waals surface area contributed by atoms with Crippen molar-refractivity contribution < 1.29 is 14.2 Å². The topological polar surface area (TPSA) is 96.3 Å². The van der Waals surface area contributed by atoms with Crippen molar-refractivity contribution in [1.29, 1.82) is 0 Å². The van der Waals surface area contributed by atoms with Crippen LogP contribution in [0.4, 0.5) is 10.2 Å². The number of alkyl halides is 1. The minimum Gasteiger partial charge on any atom is -0.507 e. The Hall–Kier alpha value is -3.33. The van der Waals surface area contributed by atoms with Gasteiger partial charge in [-0.25, -0.2) is 9.37 Å². The number of aromatic hydroxyl groups is 1. The first kappa shape index (κ1) is 23.4. The lowest BCUT2D eigenvalue weighted by Crippen LogP contribution is -2.72. The Labute approximate surface area is 204 Å². The molecule has 5 rings (SSSR count). The third-order valence-corrected chi connectivity index (χ3v) is 7.56. The second-order valence-electron chi connectivity index (χ2n) is 10.2. The van der Waals surface area contributed by atoms with Gasteiger partial charge in [0.25, 0.3) is 0 Å². The van der Waals surface area contributed by atoms with Crippen molar-refractivity contribution in [3.63, 3.8) is 0 Å². The largest absolute Gasteiger partial charge is 0.507 e. The van der Waals surface area contributed by atoms with E-state index in [2.05, 4.69) is 32.4 Å². The highest BCUT2D eigenvalue weighted by atomic mass is 19.1. The molecule has 0 amide bonds. The smallest absolute Gasteiger partial charge is 0.233 e. The molecule has 0 radical (unpaired) electrons. The number of phenols is 1. The Morgan fingerprint density at radius 3 is 2.66 bits per heavy atom. The SMILES string of the molecule is COc1cc(-c2ccc(-c3cnc(N(C)[C@H]4C[C@]5(C)CCC[C@@](C)(N5)[C@H]4F)cn3)c(O)c2)cnn1. The molecule has 2 aliphatic heterocycles. The summed E-state index contributed by atoms with van der Waals surface area (Å²) in [6.07, 6.45) is 7.49. The number of hydrogen-bond donors (Lipinski definition) is 2. The molecule has 1 aromatic carbocycles. The summed E-state index contributed by atoms with van der Waals surface area (Å²) in [5, 5.41) is 22.1. The molecule has 3 aromatic rings. The van der Waals surface area contributed by atoms with Crippen molar-refractivity contribution >= 4 is 5.82 Å². The number of halogens is 1. The Kier molecular flexibility index (Phi) is 5.83. The van der Waals surface area contributed by atoms with Gasteiger partial charge in [-0.2, -0.15) is 5.10 Å². The van der Waals surface area contributed by atoms with Crippen LogP contribution in [-0.4, -0.2) is 62.7 Å². The first-order valence-electron chi connectivity index (χ1n) is 11.9. The molecule has 2 bridgehead atoms. The van der Waals surface area contributed by atoms with Gasteiger partial charge in [-0.15, -0.1) is 5.10 Å². The first-order chi connectivity index (χ1) is 16.7. The molecule has 184 valence electrons. The van der Waals surface area contributed by atoms with Crippen molar-refractivity contribution in [3.8, 4) is 34.0 Å². The average molecular weight is 479 g/mol. The van der Waals surface area contributed by atoms with Gasteiger partial charge in [-0.1, -0.05) is 6.07 Å². The van der Waals surface area contributed by atoms with Crippen molar-refractivity contribution in [3.05, 3.63) is 42.9 Å². The number of fused-ring (bicyclic) bond motifs is 2. The predicted molar refractivity (Wildman–Crippen MR) is 132 cm³/mol. The summed E-state index contributed by atoms with van der Waals surface area (Å²) in [7, 11) is 3.41. The maximum atomic E-state index is 15.6. The number of nitrogens with one attached hydrogen (secondary N) is 1. The number of nitrogens with zero attached hydrogens (tertiary/aromatic N) is 5. The molecule has 2 fully saturated rings. The molecule has 0 aliphatic carbocycles. The Morgan fingerprint density at radius 2 is 1.94 bits per heavy atom. The first-order valence-corrected chi connectivity index (χ1v) is 11.9. The van der Waals surface area contributed by atoms with Crippen molar-refractivity contribution in [2.45, 2.75) is 62.8 Å². The third kappa shape index (κ3) is 4.29. The van der Waals surface area contributed by atoms with Crippen LogP contribution in [-0.2, 0) is 0 Å². The molecule has 9 heteroatoms. The van der Waals surface area contributed by atoms with Gasteiger partial charge in [0.1, 0.15) is 17.7 Å². The third-order valence-electron chi connectivity index (χ3n) is 7.56. The Bertz CT molecular complexity index is 1220. The number of rotatable bonds is 5. The standard InChI is InChI=1S/C26H31FN6O2/c1-25-8-5-9-26(2,32-25)24(27)20(12-25)33(3)22-15-28-19(14-29-22)18-7-6-16(10-21(18)34)17-11-23(35-4)31-30-13-17/h6-7,10-11,13-15,20,24,32,34H,5,8-9,12H2,1-4H3/t20-,24-,25-,26+/m0/s1. The van der Waals surface area contributed by atoms with E-state index in [1.807, 2.05) is 24.9 Å². The lowest BCUT2D eigenvalue weighted by atomic mass is 9.68. The molecule has 2 N–H and O–H groups in total. The number of methoxy groups -OCH3 is 1. The molecule has 8 nitrogen and oxygen atoms in total. The van der Waals surface area contributed by atoms with Crippen LogP contribution in [0, 0.1) is 0 Å². The lowest BCUT2D eigenvalue weighted by molar-refractivity contribution is 0.00197. The van der Waals surface area contributed by atoms with Crippen LogP contribution in [0.5, 0.6) is 11.6 Å². The predicted octanol–water partition coefficient (Wildman–Crippen LogP) is 4.15. The summed E-state index contributed by atoms with van der Waals surface area (Å²) in [5.74, 6) is 1.08. The van der Waals surface area contributed by atoms with E-state index in [9.17, 15) is 5.11 Å². The molecular formula is C26H31FN6O2. The second kappa shape index (κ2) is 8.71. The number of piperidine rings is 2. The summed E-state index contributed by atoms with van der Waals surface area (Å²) in [4.78, 5) is 11.0. The van der Waals surface area contributed by atoms with Gasteiger partial charge < -0.3 is 20.1 Å². The maximum absolute atomic E-state index is 15.6. The Morgan fingerprint density at radius 1 is 1.11 bits per heavy atom. The monoisotopic (exact) mass is 478 g/mol. The zero-order valence-electron chi connectivity index (χ0n) is 20.5. The van der Waals surface area contributed by atoms with Crippen LogP contribution in [0.1, 0.15) is 39.5 Å². The maximum Gasteiger partial charge on any atom is 0.233 e. The summed E-state index contributed by atoms with van der Waals surface area (Å²) < 4.78 is 20.8. The zero-order valence-corrected chi connectivity index (χ0v) is 20.5. The summed E-state index contributed by atoms with van der Waals surface area (Å²) in [6.45, 7) is 4.19. The van der Waals surface area contributed by atoms with E-state index >= 15 is 4.39 Å². The van der Waals surface area contributed by atoms with Gasteiger partial charge in [0.2, 0.25) is 5.88 Å². The Balaban J connectivity index is 1.37. The van der Waals surface area contributed by atoms with E-state index in [4.69, 9.17) is 4.74 Å². The van der Waals surface area contributed by atoms with E-state index in [0.29, 0.717) is 29.4 Å². The van der Waals surface area contributed by atoms with E-state index in [-0.39, 0.29) is 17.3 Å². The number of hydrogen-bond acceptors (Lipinski definition) is 8. The van der Waals surface area contributed by atoms with Gasteiger partial charge in [-0.05, 0) is 57.2 Å². The van der Waals surface area contributed by atoms with Gasteiger partial charge in [0.05, 0.1) is 37.4 Å². The summed E-state index contributed by atoms with van der Waals surface area (Å²) in [5.41, 5.74) is 2.04. The quantitative estimate of drug-likeness (QED) is 0.565. The van der Waals surface area contributed by atoms with Gasteiger partial charge in [0, 0.05) is 35.3 Å². The zero-order chi connectivity index (χ0) is 24.8. The fourth-order valence-corrected chi connectivity index (χ4v) is 5.69. The molecule has 2 saturated heterocycles. The van der Waals surface area contributed by atoms with E-state index < -0.39 is 11.7 Å². The summed E-state index contributed by atoms with van der Waals surface area (Å²) >= 11 is 0. The number of aromatic nitrogens is 4. The molecule has 2 aliphatic rings. The highest BCUT2D eigenvalue weighted by Crippen LogP contribution is 2.43. The van der Waals surface area contributed by atoms with Crippen LogP contribution < -0.4 is 15.0 Å². The fourth-order valence-electron chi connectivity index (χ4n) is 5.69. The van der Waals surface area contributed by atoms with Crippen LogP contribution in [0.25, 0.3) is 22.4 Å². The van der Waals surface area contributed by atoms with Crippen molar-refractivity contribution in [2.75, 3.05) is 19.1 Å². The minimum absolute atomic E-state index is 0.0736. The van der Waals surface area contributed by atoms with E-state index in [1.54, 1.807) is 36.8 Å². The normalized spacial score (nSPS) is 27.9. The molecule has 2 aromatic heterocycles. The van der Waals surface area contributed by atoms with E-state index in [1.165, 1.54) is 7.11 Å². The number of benzene rings is 1. The summed E-state index contributed by atoms with van der Waals surface area (Å²) in [6, 6.07) is 6.77. The van der Waals surface area contributed by atoms with Crippen LogP contribution in [0.3, 0.4) is 0 Å². The molecule has 0 saturated carbocycles. The molecule has 0 spiro atoms. The van der Waals surface area contributed by atoms with Crippen molar-refractivity contribution in [2.24, 2.45) is 0 Å². The van der Waals surface area contributed by atoms with Gasteiger partial charge in [-0.3, -0.25) is 4.98 Å².